The molecule has 314 valence electrons. The van der Waals surface area contributed by atoms with Crippen molar-refractivity contribution in [2.45, 2.75) is 164 Å². The lowest BCUT2D eigenvalue weighted by Gasteiger charge is -2.71. The zero-order valence-corrected chi connectivity index (χ0v) is 36.6. The van der Waals surface area contributed by atoms with Crippen molar-refractivity contribution in [1.82, 2.24) is 10.6 Å². The van der Waals surface area contributed by atoms with E-state index in [9.17, 15) is 29.1 Å². The van der Waals surface area contributed by atoms with Crippen molar-refractivity contribution in [3.05, 3.63) is 34.3 Å². The Morgan fingerprint density at radius 2 is 1.61 bits per heavy atom. The van der Waals surface area contributed by atoms with E-state index in [1.54, 1.807) is 33.8 Å². The summed E-state index contributed by atoms with van der Waals surface area (Å²) in [6.07, 6.45) is 7.84. The zero-order valence-electron chi connectivity index (χ0n) is 36.6. The summed E-state index contributed by atoms with van der Waals surface area (Å²) in [6, 6.07) is 1.69. The van der Waals surface area contributed by atoms with Crippen LogP contribution in [0.25, 0.3) is 0 Å². The minimum absolute atomic E-state index is 0.00305. The van der Waals surface area contributed by atoms with Crippen molar-refractivity contribution in [2.75, 3.05) is 0 Å². The molecule has 5 fully saturated rings. The van der Waals surface area contributed by atoms with E-state index in [1.807, 2.05) is 13.8 Å². The average Bonchev–Trinajstić information content (AvgIpc) is 3.59. The number of fused-ring (bicyclic) bond motifs is 7. The standard InChI is InChI=1S/C47H68N2O8/c1-24(2)36-33(50)23-47(49-41(55)43(8,9)48-38(51)28-21-25(3)56-27(28)5)20-19-45(11)30(37(36)47)13-14-35-44(10)17-16-34(26(4)29(44)15-18-46(35,45)12)57-40(54)32-22-31(39(52)53)42(32,6)7/h21,24,26,29-32,34-35H,13-20,22-23H2,1-12H3,(H,48,51)(H,49,55)(H,52,53)/t26-,29?,30-,31+,32-,34+,35?,44+,45-,46-,47-/m1/s1. The molecule has 0 aliphatic heterocycles. The maximum absolute atomic E-state index is 14.4. The van der Waals surface area contributed by atoms with Gasteiger partial charge in [0.1, 0.15) is 23.2 Å². The molecule has 10 nitrogen and oxygen atoms in total. The molecule has 57 heavy (non-hydrogen) atoms. The third-order valence-corrected chi connectivity index (χ3v) is 17.7. The molecule has 0 aromatic carbocycles. The number of ketones is 1. The first-order valence-electron chi connectivity index (χ1n) is 21.8. The summed E-state index contributed by atoms with van der Waals surface area (Å²) in [7, 11) is 0. The number of carboxylic acids is 1. The van der Waals surface area contributed by atoms with Crippen molar-refractivity contribution in [1.29, 1.82) is 0 Å². The first-order chi connectivity index (χ1) is 26.3. The Balaban J connectivity index is 1.12. The van der Waals surface area contributed by atoms with Crippen molar-refractivity contribution < 1.29 is 38.2 Å². The number of ether oxygens (including phenoxy) is 1. The van der Waals surface area contributed by atoms with Crippen LogP contribution in [0.3, 0.4) is 0 Å². The van der Waals surface area contributed by atoms with Crippen LogP contribution in [0.1, 0.15) is 155 Å². The second kappa shape index (κ2) is 13.6. The highest BCUT2D eigenvalue weighted by molar-refractivity contribution is 6.04. The number of aliphatic carboxylic acids is 1. The molecular formula is C47H68N2O8. The van der Waals surface area contributed by atoms with E-state index >= 15 is 0 Å². The molecule has 3 N–H and O–H groups in total. The molecule has 0 bridgehead atoms. The van der Waals surface area contributed by atoms with Crippen LogP contribution in [0.4, 0.5) is 0 Å². The third-order valence-electron chi connectivity index (χ3n) is 17.7. The quantitative estimate of drug-likeness (QED) is 0.222. The van der Waals surface area contributed by atoms with E-state index in [-0.39, 0.29) is 76.0 Å². The van der Waals surface area contributed by atoms with E-state index in [0.717, 1.165) is 56.1 Å². The summed E-state index contributed by atoms with van der Waals surface area (Å²) in [4.78, 5) is 67.1. The molecule has 1 aromatic heterocycles. The van der Waals surface area contributed by atoms with Crippen molar-refractivity contribution in [3.63, 3.8) is 0 Å². The Labute approximate surface area is 339 Å². The first kappa shape index (κ1) is 41.7. The van der Waals surface area contributed by atoms with Gasteiger partial charge in [0.05, 0.1) is 22.9 Å². The Morgan fingerprint density at radius 1 is 0.930 bits per heavy atom. The summed E-state index contributed by atoms with van der Waals surface area (Å²) in [5.41, 5.74) is -0.242. The van der Waals surface area contributed by atoms with Gasteiger partial charge in [0.25, 0.3) is 5.91 Å². The van der Waals surface area contributed by atoms with Crippen LogP contribution in [0, 0.1) is 76.9 Å². The van der Waals surface area contributed by atoms with Crippen molar-refractivity contribution >= 4 is 29.5 Å². The molecule has 6 aliphatic rings. The van der Waals surface area contributed by atoms with Gasteiger partial charge in [0.2, 0.25) is 5.91 Å². The lowest BCUT2D eigenvalue weighted by molar-refractivity contribution is -0.217. The first-order valence-corrected chi connectivity index (χ1v) is 21.8. The predicted octanol–water partition coefficient (Wildman–Crippen LogP) is 8.52. The van der Waals surface area contributed by atoms with Gasteiger partial charge in [-0.3, -0.25) is 24.0 Å². The van der Waals surface area contributed by atoms with Gasteiger partial charge in [-0.25, -0.2) is 0 Å². The predicted molar refractivity (Wildman–Crippen MR) is 216 cm³/mol. The molecule has 7 rings (SSSR count). The van der Waals surface area contributed by atoms with E-state index in [2.05, 4.69) is 52.2 Å². The molecule has 0 spiro atoms. The molecule has 2 unspecified atom stereocenters. The number of esters is 1. The summed E-state index contributed by atoms with van der Waals surface area (Å²) in [6.45, 7) is 24.7. The summed E-state index contributed by atoms with van der Waals surface area (Å²) >= 11 is 0. The van der Waals surface area contributed by atoms with Gasteiger partial charge < -0.3 is 24.9 Å². The van der Waals surface area contributed by atoms with Gasteiger partial charge in [0, 0.05) is 6.42 Å². The fraction of sp³-hybridized carbons (Fsp3) is 0.766. The molecule has 6 aliphatic carbocycles. The van der Waals surface area contributed by atoms with Gasteiger partial charge in [-0.05, 0) is 154 Å². The Hall–Kier alpha value is -3.43. The molecule has 5 saturated carbocycles. The molecule has 0 radical (unpaired) electrons. The second-order valence-corrected chi connectivity index (χ2v) is 21.6. The number of furan rings is 1. The van der Waals surface area contributed by atoms with Crippen LogP contribution in [0.2, 0.25) is 0 Å². The number of allylic oxidation sites excluding steroid dienone is 1. The van der Waals surface area contributed by atoms with Gasteiger partial charge >= 0.3 is 11.9 Å². The van der Waals surface area contributed by atoms with Crippen LogP contribution in [0.5, 0.6) is 0 Å². The van der Waals surface area contributed by atoms with E-state index in [0.29, 0.717) is 41.8 Å². The van der Waals surface area contributed by atoms with Crippen LogP contribution >= 0.6 is 0 Å². The average molecular weight is 789 g/mol. The van der Waals surface area contributed by atoms with Gasteiger partial charge in [0.15, 0.2) is 5.78 Å². The number of rotatable bonds is 8. The lowest BCUT2D eigenvalue weighted by Crippen LogP contribution is -2.67. The molecule has 2 amide bonds. The Bertz CT molecular complexity index is 1920. The number of carboxylic acid groups (broad SMARTS) is 1. The smallest absolute Gasteiger partial charge is 0.309 e. The monoisotopic (exact) mass is 788 g/mol. The number of nitrogens with one attached hydrogen (secondary N) is 2. The fourth-order valence-corrected chi connectivity index (χ4v) is 14.1. The number of Topliss-reactive ketones (excluding diaryl/α,β-unsaturated/α-hetero) is 1. The number of carbonyl (C=O) groups is 5. The molecule has 11 atom stereocenters. The van der Waals surface area contributed by atoms with Crippen molar-refractivity contribution in [2.24, 2.45) is 63.1 Å². The maximum atomic E-state index is 14.4. The van der Waals surface area contributed by atoms with Gasteiger partial charge in [-0.15, -0.1) is 0 Å². The van der Waals surface area contributed by atoms with Crippen LogP contribution in [0.15, 0.2) is 21.6 Å². The van der Waals surface area contributed by atoms with E-state index in [1.165, 1.54) is 0 Å². The third kappa shape index (κ3) is 6.09. The molecule has 10 heteroatoms. The largest absolute Gasteiger partial charge is 0.481 e. The zero-order chi connectivity index (χ0) is 42.0. The maximum Gasteiger partial charge on any atom is 0.309 e. The Kier molecular flexibility index (Phi) is 9.92. The SMILES string of the molecule is Cc1cc(C(=O)NC(C)(C)C(=O)N[C@@]23CC[C@]4(C)[C@H](CCC5[C@@]6(C)CC[C@H](OC(=O)[C@H]7C[C@@H](C(=O)O)C7(C)C)[C@H](C)C6CC[C@]54C)C2=C(C(C)C)C(=O)C3)c(C)o1. The number of hydrogen-bond donors (Lipinski definition) is 3. The number of carbonyl (C=O) groups excluding carboxylic acids is 4. The van der Waals surface area contributed by atoms with Gasteiger partial charge in [-0.2, -0.15) is 0 Å². The van der Waals surface area contributed by atoms with E-state index in [4.69, 9.17) is 9.15 Å². The summed E-state index contributed by atoms with van der Waals surface area (Å²) in [5, 5.41) is 16.0. The summed E-state index contributed by atoms with van der Waals surface area (Å²) in [5.74, 6) is -0.180. The molecule has 1 heterocycles. The fourth-order valence-electron chi connectivity index (χ4n) is 14.1. The molecular weight excluding hydrogens is 721 g/mol. The topological polar surface area (TPSA) is 152 Å². The van der Waals surface area contributed by atoms with E-state index < -0.39 is 28.4 Å². The second-order valence-electron chi connectivity index (χ2n) is 21.6. The van der Waals surface area contributed by atoms with Gasteiger partial charge in [-0.1, -0.05) is 55.4 Å². The lowest BCUT2D eigenvalue weighted by atomic mass is 9.34. The minimum Gasteiger partial charge on any atom is -0.481 e. The summed E-state index contributed by atoms with van der Waals surface area (Å²) < 4.78 is 11.9. The minimum atomic E-state index is -1.24. The normalized spacial score (nSPS) is 39.6. The number of hydrogen-bond acceptors (Lipinski definition) is 7. The Morgan fingerprint density at radius 3 is 2.21 bits per heavy atom. The number of aryl methyl sites for hydroxylation is 2. The van der Waals surface area contributed by atoms with Crippen molar-refractivity contribution in [3.8, 4) is 0 Å². The van der Waals surface area contributed by atoms with Crippen LogP contribution in [-0.4, -0.2) is 51.8 Å². The highest BCUT2D eigenvalue weighted by atomic mass is 16.5. The number of amides is 2. The molecule has 1 aromatic rings. The van der Waals surface area contributed by atoms with Crippen LogP contribution in [-0.2, 0) is 23.9 Å². The highest BCUT2D eigenvalue weighted by Gasteiger charge is 2.69. The highest BCUT2D eigenvalue weighted by Crippen LogP contribution is 2.75. The van der Waals surface area contributed by atoms with Crippen LogP contribution < -0.4 is 10.6 Å². The molecule has 0 saturated heterocycles.